The molecule has 0 fully saturated rings. The number of carbonyl (C=O) groups is 1. The minimum Gasteiger partial charge on any atom is -0.330 e. The highest BCUT2D eigenvalue weighted by Gasteiger charge is 2.18. The first-order chi connectivity index (χ1) is 12.9. The lowest BCUT2D eigenvalue weighted by atomic mass is 10.1. The minimum atomic E-state index is -0.459. The molecule has 0 aliphatic heterocycles. The van der Waals surface area contributed by atoms with Gasteiger partial charge < -0.3 is 10.6 Å². The average molecular weight is 403 g/mol. The number of hydrogen-bond donors (Lipinski definition) is 2. The van der Waals surface area contributed by atoms with Crippen LogP contribution in [-0.2, 0) is 4.79 Å². The van der Waals surface area contributed by atoms with Crippen LogP contribution >= 0.6 is 23.1 Å². The Morgan fingerprint density at radius 3 is 2.63 bits per heavy atom. The van der Waals surface area contributed by atoms with Gasteiger partial charge in [-0.3, -0.25) is 4.79 Å². The number of hydrogen-bond acceptors (Lipinski definition) is 6. The highest BCUT2D eigenvalue weighted by molar-refractivity contribution is 8.02. The average Bonchev–Trinajstić information content (AvgIpc) is 3.08. The molecule has 0 radical (unpaired) electrons. The summed E-state index contributed by atoms with van der Waals surface area (Å²) in [6, 6.07) is 12.1. The fraction of sp³-hybridized carbons (Fsp3) is 0.211. The molecule has 1 atom stereocenters. The van der Waals surface area contributed by atoms with Gasteiger partial charge in [-0.15, -0.1) is 10.2 Å². The Balaban J connectivity index is 1.62. The number of amides is 1. The number of thioether (sulfide) groups is 1. The fourth-order valence-corrected chi connectivity index (χ4v) is 4.22. The monoisotopic (exact) mass is 402 g/mol. The van der Waals surface area contributed by atoms with Crippen LogP contribution in [0.15, 0.2) is 46.8 Å². The molecule has 0 spiro atoms. The van der Waals surface area contributed by atoms with Crippen molar-refractivity contribution < 1.29 is 9.18 Å². The summed E-state index contributed by atoms with van der Waals surface area (Å²) in [5, 5.41) is 14.3. The summed E-state index contributed by atoms with van der Waals surface area (Å²) < 4.78 is 14.3. The second-order valence-corrected chi connectivity index (χ2v) is 8.54. The number of anilines is 3. The molecule has 1 aromatic heterocycles. The molecule has 8 heteroatoms. The SMILES string of the molecule is Cc1cccc(Nc2nnc(SC(C)C(=O)Nc3ccccc3F)s2)c1C. The second-order valence-electron chi connectivity index (χ2n) is 5.97. The van der Waals surface area contributed by atoms with E-state index in [9.17, 15) is 9.18 Å². The third-order valence-electron chi connectivity index (χ3n) is 4.03. The molecule has 2 aromatic carbocycles. The van der Waals surface area contributed by atoms with E-state index in [0.29, 0.717) is 9.47 Å². The molecule has 0 saturated heterocycles. The number of aryl methyl sites for hydroxylation is 1. The van der Waals surface area contributed by atoms with Crippen LogP contribution in [0.5, 0.6) is 0 Å². The van der Waals surface area contributed by atoms with Gasteiger partial charge in [-0.25, -0.2) is 4.39 Å². The first-order valence-corrected chi connectivity index (χ1v) is 10.0. The van der Waals surface area contributed by atoms with Gasteiger partial charge in [0.15, 0.2) is 4.34 Å². The number of nitrogens with one attached hydrogen (secondary N) is 2. The van der Waals surface area contributed by atoms with Gasteiger partial charge in [-0.1, -0.05) is 47.4 Å². The van der Waals surface area contributed by atoms with Crippen molar-refractivity contribution in [1.29, 1.82) is 0 Å². The second kappa shape index (κ2) is 8.49. The molecule has 0 bridgehead atoms. The Morgan fingerprint density at radius 1 is 1.11 bits per heavy atom. The zero-order valence-corrected chi connectivity index (χ0v) is 16.7. The fourth-order valence-electron chi connectivity index (χ4n) is 2.31. The van der Waals surface area contributed by atoms with Crippen LogP contribution in [0.25, 0.3) is 0 Å². The number of para-hydroxylation sites is 1. The van der Waals surface area contributed by atoms with Crippen LogP contribution in [-0.4, -0.2) is 21.4 Å². The smallest absolute Gasteiger partial charge is 0.237 e. The quantitative estimate of drug-likeness (QED) is 0.558. The predicted molar refractivity (Wildman–Crippen MR) is 109 cm³/mol. The van der Waals surface area contributed by atoms with Crippen molar-refractivity contribution in [3.63, 3.8) is 0 Å². The first-order valence-electron chi connectivity index (χ1n) is 8.33. The van der Waals surface area contributed by atoms with E-state index in [0.717, 1.165) is 11.3 Å². The van der Waals surface area contributed by atoms with Crippen LogP contribution in [0.1, 0.15) is 18.1 Å². The summed E-state index contributed by atoms with van der Waals surface area (Å²) in [6.07, 6.45) is 0. The van der Waals surface area contributed by atoms with Gasteiger partial charge in [-0.2, -0.15) is 0 Å². The Hall–Kier alpha value is -2.45. The Morgan fingerprint density at radius 2 is 1.85 bits per heavy atom. The van der Waals surface area contributed by atoms with Gasteiger partial charge >= 0.3 is 0 Å². The third-order valence-corrected chi connectivity index (χ3v) is 6.05. The highest BCUT2D eigenvalue weighted by atomic mass is 32.2. The van der Waals surface area contributed by atoms with Crippen LogP contribution in [0.2, 0.25) is 0 Å². The van der Waals surface area contributed by atoms with Crippen molar-refractivity contribution in [3.8, 4) is 0 Å². The number of aromatic nitrogens is 2. The van der Waals surface area contributed by atoms with E-state index in [-0.39, 0.29) is 11.6 Å². The normalized spacial score (nSPS) is 11.9. The molecule has 140 valence electrons. The first kappa shape index (κ1) is 19.3. The van der Waals surface area contributed by atoms with E-state index < -0.39 is 11.1 Å². The van der Waals surface area contributed by atoms with Gasteiger partial charge in [0.2, 0.25) is 11.0 Å². The van der Waals surface area contributed by atoms with Crippen molar-refractivity contribution in [2.75, 3.05) is 10.6 Å². The lowest BCUT2D eigenvalue weighted by molar-refractivity contribution is -0.115. The molecule has 0 aliphatic rings. The van der Waals surface area contributed by atoms with Gasteiger partial charge in [0, 0.05) is 5.69 Å². The molecular formula is C19H19FN4OS2. The molecule has 3 aromatic rings. The van der Waals surface area contributed by atoms with E-state index >= 15 is 0 Å². The van der Waals surface area contributed by atoms with Crippen LogP contribution in [0, 0.1) is 19.7 Å². The lowest BCUT2D eigenvalue weighted by Crippen LogP contribution is -2.22. The molecule has 1 unspecified atom stereocenters. The Bertz CT molecular complexity index is 960. The Kier molecular flexibility index (Phi) is 6.08. The highest BCUT2D eigenvalue weighted by Crippen LogP contribution is 2.32. The minimum absolute atomic E-state index is 0.171. The molecule has 2 N–H and O–H groups in total. The van der Waals surface area contributed by atoms with E-state index in [4.69, 9.17) is 0 Å². The molecule has 0 saturated carbocycles. The summed E-state index contributed by atoms with van der Waals surface area (Å²) in [5.41, 5.74) is 3.50. The van der Waals surface area contributed by atoms with Gasteiger partial charge in [-0.05, 0) is 50.1 Å². The van der Waals surface area contributed by atoms with Gasteiger partial charge in [0.25, 0.3) is 0 Å². The largest absolute Gasteiger partial charge is 0.330 e. The topological polar surface area (TPSA) is 66.9 Å². The summed E-state index contributed by atoms with van der Waals surface area (Å²) >= 11 is 2.66. The maximum atomic E-state index is 13.7. The maximum Gasteiger partial charge on any atom is 0.237 e. The van der Waals surface area contributed by atoms with Crippen molar-refractivity contribution in [1.82, 2.24) is 10.2 Å². The zero-order chi connectivity index (χ0) is 19.4. The zero-order valence-electron chi connectivity index (χ0n) is 15.1. The molecule has 3 rings (SSSR count). The van der Waals surface area contributed by atoms with E-state index in [1.165, 1.54) is 40.8 Å². The third kappa shape index (κ3) is 4.84. The van der Waals surface area contributed by atoms with E-state index in [2.05, 4.69) is 33.8 Å². The van der Waals surface area contributed by atoms with Gasteiger partial charge in [0.1, 0.15) is 5.82 Å². The van der Waals surface area contributed by atoms with Crippen LogP contribution < -0.4 is 10.6 Å². The van der Waals surface area contributed by atoms with Crippen molar-refractivity contribution in [2.45, 2.75) is 30.4 Å². The van der Waals surface area contributed by atoms with Crippen molar-refractivity contribution in [3.05, 3.63) is 59.4 Å². The van der Waals surface area contributed by atoms with Gasteiger partial charge in [0.05, 0.1) is 10.9 Å². The predicted octanol–water partition coefficient (Wildman–Crippen LogP) is 5.16. The molecule has 0 aliphatic carbocycles. The summed E-state index contributed by atoms with van der Waals surface area (Å²) in [7, 11) is 0. The molecule has 1 amide bonds. The van der Waals surface area contributed by atoms with E-state index in [1.54, 1.807) is 19.1 Å². The van der Waals surface area contributed by atoms with Crippen LogP contribution in [0.3, 0.4) is 0 Å². The Labute approximate surface area is 165 Å². The number of carbonyl (C=O) groups excluding carboxylic acids is 1. The molecule has 1 heterocycles. The number of benzene rings is 2. The summed E-state index contributed by atoms with van der Waals surface area (Å²) in [5.74, 6) is -0.747. The molecule has 27 heavy (non-hydrogen) atoms. The number of nitrogens with zero attached hydrogens (tertiary/aromatic N) is 2. The molecule has 5 nitrogen and oxygen atoms in total. The maximum absolute atomic E-state index is 13.7. The van der Waals surface area contributed by atoms with Crippen molar-refractivity contribution >= 4 is 45.5 Å². The van der Waals surface area contributed by atoms with Crippen molar-refractivity contribution in [2.24, 2.45) is 0 Å². The lowest BCUT2D eigenvalue weighted by Gasteiger charge is -2.10. The number of halogens is 1. The summed E-state index contributed by atoms with van der Waals surface area (Å²) in [6.45, 7) is 5.85. The number of rotatable bonds is 6. The summed E-state index contributed by atoms with van der Waals surface area (Å²) in [4.78, 5) is 12.3. The standard InChI is InChI=1S/C19H19FN4OS2/c1-11-7-6-10-15(12(11)2)22-18-23-24-19(27-18)26-13(3)17(25)21-16-9-5-4-8-14(16)20/h4-10,13H,1-3H3,(H,21,25)(H,22,23). The van der Waals surface area contributed by atoms with E-state index in [1.807, 2.05) is 19.1 Å². The van der Waals surface area contributed by atoms with Crippen LogP contribution in [0.4, 0.5) is 20.9 Å². The molecular weight excluding hydrogens is 383 g/mol.